The van der Waals surface area contributed by atoms with Gasteiger partial charge in [-0.3, -0.25) is 4.79 Å². The van der Waals surface area contributed by atoms with Crippen molar-refractivity contribution in [1.82, 2.24) is 5.43 Å². The van der Waals surface area contributed by atoms with Crippen molar-refractivity contribution in [1.29, 1.82) is 0 Å². The molecule has 0 radical (unpaired) electrons. The van der Waals surface area contributed by atoms with Crippen molar-refractivity contribution < 1.29 is 14.6 Å². The van der Waals surface area contributed by atoms with Gasteiger partial charge in [0, 0.05) is 6.42 Å². The lowest BCUT2D eigenvalue weighted by Gasteiger charge is -2.28. The zero-order valence-electron chi connectivity index (χ0n) is 20.2. The Bertz CT molecular complexity index is 951. The van der Waals surface area contributed by atoms with E-state index in [2.05, 4.69) is 68.0 Å². The number of nitrogens with one attached hydrogen (secondary N) is 1. The normalized spacial score (nSPS) is 12.2. The van der Waals surface area contributed by atoms with Gasteiger partial charge in [-0.1, -0.05) is 53.7 Å². The van der Waals surface area contributed by atoms with Crippen LogP contribution in [0.2, 0.25) is 0 Å². The van der Waals surface area contributed by atoms with Crippen LogP contribution in [0.15, 0.2) is 39.9 Å². The predicted molar refractivity (Wildman–Crippen MR) is 135 cm³/mol. The van der Waals surface area contributed by atoms with Crippen LogP contribution in [-0.2, 0) is 22.0 Å². The Morgan fingerprint density at radius 3 is 2.19 bits per heavy atom. The average molecular weight is 503 g/mol. The summed E-state index contributed by atoms with van der Waals surface area (Å²) in [6, 6.07) is 9.65. The highest BCUT2D eigenvalue weighted by Crippen LogP contribution is 2.40. The number of hydrogen-bond donors (Lipinski definition) is 2. The molecule has 0 saturated heterocycles. The molecule has 174 valence electrons. The second-order valence-corrected chi connectivity index (χ2v) is 10.8. The number of aromatic hydroxyl groups is 1. The summed E-state index contributed by atoms with van der Waals surface area (Å²) in [5.41, 5.74) is 5.89. The molecule has 2 N–H and O–H groups in total. The van der Waals surface area contributed by atoms with Crippen molar-refractivity contribution in [3.05, 3.63) is 57.1 Å². The first-order valence-corrected chi connectivity index (χ1v) is 11.7. The minimum atomic E-state index is -0.196. The number of phenols is 1. The summed E-state index contributed by atoms with van der Waals surface area (Å²) in [4.78, 5) is 12.3. The number of phenolic OH excluding ortho intramolecular Hbond substituents is 1. The largest absolute Gasteiger partial charge is 0.507 e. The van der Waals surface area contributed by atoms with E-state index in [1.165, 1.54) is 0 Å². The fourth-order valence-corrected chi connectivity index (χ4v) is 3.86. The Kier molecular flexibility index (Phi) is 8.52. The maximum absolute atomic E-state index is 12.3. The number of amides is 1. The third-order valence-corrected chi connectivity index (χ3v) is 5.70. The van der Waals surface area contributed by atoms with Crippen LogP contribution in [0.25, 0.3) is 0 Å². The van der Waals surface area contributed by atoms with Gasteiger partial charge in [-0.25, -0.2) is 5.43 Å². The molecule has 2 rings (SSSR count). The average Bonchev–Trinajstić information content (AvgIpc) is 2.67. The first kappa shape index (κ1) is 25.9. The van der Waals surface area contributed by atoms with Gasteiger partial charge in [-0.15, -0.1) is 0 Å². The molecule has 0 bridgehead atoms. The van der Waals surface area contributed by atoms with Crippen LogP contribution in [0.4, 0.5) is 0 Å². The Balaban J connectivity index is 2.06. The summed E-state index contributed by atoms with van der Waals surface area (Å²) in [5, 5.41) is 14.9. The summed E-state index contributed by atoms with van der Waals surface area (Å²) in [6.07, 6.45) is 2.49. The van der Waals surface area contributed by atoms with Gasteiger partial charge in [0.15, 0.2) is 0 Å². The maximum atomic E-state index is 12.3. The van der Waals surface area contributed by atoms with E-state index in [1.54, 1.807) is 6.21 Å². The van der Waals surface area contributed by atoms with E-state index >= 15 is 0 Å². The molecule has 32 heavy (non-hydrogen) atoms. The van der Waals surface area contributed by atoms with Crippen molar-refractivity contribution in [3.8, 4) is 11.5 Å². The highest BCUT2D eigenvalue weighted by molar-refractivity contribution is 9.10. The molecule has 0 atom stereocenters. The first-order valence-electron chi connectivity index (χ1n) is 10.9. The fourth-order valence-electron chi connectivity index (χ4n) is 3.34. The second kappa shape index (κ2) is 10.5. The summed E-state index contributed by atoms with van der Waals surface area (Å²) in [5.74, 6) is 0.963. The highest BCUT2D eigenvalue weighted by Gasteiger charge is 2.26. The number of rotatable bonds is 7. The quantitative estimate of drug-likeness (QED) is 0.348. The van der Waals surface area contributed by atoms with Gasteiger partial charge >= 0.3 is 0 Å². The first-order chi connectivity index (χ1) is 14.8. The van der Waals surface area contributed by atoms with Gasteiger partial charge in [0.05, 0.1) is 17.3 Å². The number of hydrogen-bond acceptors (Lipinski definition) is 4. The molecular formula is C26H35BrN2O3. The number of aryl methyl sites for hydroxylation is 1. The van der Waals surface area contributed by atoms with Gasteiger partial charge < -0.3 is 9.84 Å². The number of hydrazone groups is 1. The summed E-state index contributed by atoms with van der Waals surface area (Å²) in [7, 11) is 0. The Morgan fingerprint density at radius 1 is 1.09 bits per heavy atom. The Morgan fingerprint density at radius 2 is 1.69 bits per heavy atom. The molecule has 0 heterocycles. The Hall–Kier alpha value is -2.34. The fraction of sp³-hybridized carbons (Fsp3) is 0.462. The molecule has 1 amide bonds. The molecule has 0 fully saturated rings. The van der Waals surface area contributed by atoms with E-state index in [-0.39, 0.29) is 16.7 Å². The van der Waals surface area contributed by atoms with Crippen LogP contribution in [0.1, 0.15) is 77.1 Å². The second-order valence-electron chi connectivity index (χ2n) is 9.96. The Labute approximate surface area is 200 Å². The third-order valence-electron chi connectivity index (χ3n) is 5.09. The van der Waals surface area contributed by atoms with Crippen molar-refractivity contribution in [2.45, 2.75) is 72.1 Å². The van der Waals surface area contributed by atoms with Crippen LogP contribution >= 0.6 is 15.9 Å². The molecule has 2 aromatic carbocycles. The van der Waals surface area contributed by atoms with Crippen LogP contribution in [0.3, 0.4) is 0 Å². The van der Waals surface area contributed by atoms with Gasteiger partial charge in [0.25, 0.3) is 0 Å². The lowest BCUT2D eigenvalue weighted by Crippen LogP contribution is -2.20. The number of carbonyl (C=O) groups excluding carboxylic acids is 1. The zero-order chi connectivity index (χ0) is 24.1. The molecular weight excluding hydrogens is 468 g/mol. The van der Waals surface area contributed by atoms with Crippen LogP contribution in [0, 0.1) is 0 Å². The summed E-state index contributed by atoms with van der Waals surface area (Å²) < 4.78 is 6.34. The van der Waals surface area contributed by atoms with Crippen molar-refractivity contribution in [3.63, 3.8) is 0 Å². The van der Waals surface area contributed by atoms with E-state index in [0.717, 1.165) is 32.5 Å². The molecule has 0 aromatic heterocycles. The van der Waals surface area contributed by atoms with E-state index in [4.69, 9.17) is 4.74 Å². The third kappa shape index (κ3) is 7.09. The molecule has 5 nitrogen and oxygen atoms in total. The minimum absolute atomic E-state index is 0.158. The maximum Gasteiger partial charge on any atom is 0.240 e. The van der Waals surface area contributed by atoms with Gasteiger partial charge in [-0.2, -0.15) is 5.10 Å². The number of carbonyl (C=O) groups is 1. The molecule has 0 aliphatic heterocycles. The van der Waals surface area contributed by atoms with E-state index in [9.17, 15) is 9.90 Å². The summed E-state index contributed by atoms with van der Waals surface area (Å²) in [6.45, 7) is 15.0. The number of halogens is 1. The van der Waals surface area contributed by atoms with E-state index in [1.807, 2.05) is 37.3 Å². The number of benzene rings is 2. The lowest BCUT2D eigenvalue weighted by molar-refractivity contribution is -0.121. The monoisotopic (exact) mass is 502 g/mol. The molecule has 0 aliphatic rings. The van der Waals surface area contributed by atoms with E-state index in [0.29, 0.717) is 25.2 Å². The molecule has 0 saturated carbocycles. The predicted octanol–water partition coefficient (Wildman–Crippen LogP) is 6.23. The highest BCUT2D eigenvalue weighted by atomic mass is 79.9. The number of nitrogens with zero attached hydrogens (tertiary/aromatic N) is 1. The topological polar surface area (TPSA) is 70.9 Å². The van der Waals surface area contributed by atoms with Crippen molar-refractivity contribution >= 4 is 28.1 Å². The van der Waals surface area contributed by atoms with Crippen LogP contribution < -0.4 is 10.2 Å². The molecule has 0 unspecified atom stereocenters. The summed E-state index contributed by atoms with van der Waals surface area (Å²) >= 11 is 3.47. The minimum Gasteiger partial charge on any atom is -0.507 e. The van der Waals surface area contributed by atoms with Gasteiger partial charge in [0.1, 0.15) is 11.5 Å². The molecule has 6 heteroatoms. The van der Waals surface area contributed by atoms with Crippen molar-refractivity contribution in [2.75, 3.05) is 6.61 Å². The van der Waals surface area contributed by atoms with Crippen LogP contribution in [-0.4, -0.2) is 23.8 Å². The van der Waals surface area contributed by atoms with Crippen molar-refractivity contribution in [2.24, 2.45) is 5.10 Å². The van der Waals surface area contributed by atoms with Crippen LogP contribution in [0.5, 0.6) is 11.5 Å². The lowest BCUT2D eigenvalue weighted by atomic mass is 9.78. The SMILES string of the molecule is CCOc1ccc(/C=N\NC(=O)CCc2cc(C(C)(C)C)c(O)c(C(C)(C)C)c2)cc1Br. The zero-order valence-corrected chi connectivity index (χ0v) is 21.8. The van der Waals surface area contributed by atoms with E-state index < -0.39 is 0 Å². The van der Waals surface area contributed by atoms with Gasteiger partial charge in [-0.05, 0) is 80.6 Å². The molecule has 0 aliphatic carbocycles. The van der Waals surface area contributed by atoms with Gasteiger partial charge in [0.2, 0.25) is 5.91 Å². The standard InChI is InChI=1S/C26H35BrN2O3/c1-8-32-22-11-9-18(15-21(22)27)16-28-29-23(30)12-10-17-13-19(25(2,3)4)24(31)20(14-17)26(5,6)7/h9,11,13-16,31H,8,10,12H2,1-7H3,(H,29,30)/b28-16-. The molecule has 0 spiro atoms. The number of ether oxygens (including phenoxy) is 1. The smallest absolute Gasteiger partial charge is 0.240 e. The molecule has 2 aromatic rings.